The molecule has 0 aromatic carbocycles. The SMILES string of the molecule is C#CC(OC(=O)C1C(C=C(C)C)C1(C)C)C(C)=CCC=C. The van der Waals surface area contributed by atoms with Crippen molar-refractivity contribution in [1.82, 2.24) is 0 Å². The smallest absolute Gasteiger partial charge is 0.311 e. The van der Waals surface area contributed by atoms with Gasteiger partial charge < -0.3 is 4.74 Å². The van der Waals surface area contributed by atoms with Crippen molar-refractivity contribution in [1.29, 1.82) is 0 Å². The standard InChI is InChI=1S/C19H26O2/c1-8-10-11-14(5)16(9-2)21-18(20)17-15(12-13(3)4)19(17,6)7/h2,8,11-12,15-17H,1,10H2,3-7H3. The highest BCUT2D eigenvalue weighted by molar-refractivity contribution is 5.79. The summed E-state index contributed by atoms with van der Waals surface area (Å²) in [7, 11) is 0. The third-order valence-corrected chi connectivity index (χ3v) is 4.08. The second kappa shape index (κ2) is 6.80. The quantitative estimate of drug-likeness (QED) is 0.413. The molecule has 0 aliphatic heterocycles. The Morgan fingerprint density at radius 1 is 1.43 bits per heavy atom. The molecule has 21 heavy (non-hydrogen) atoms. The minimum absolute atomic E-state index is 0.0494. The van der Waals surface area contributed by atoms with Gasteiger partial charge in [0, 0.05) is 0 Å². The molecule has 1 fully saturated rings. The Bertz CT molecular complexity index is 510. The molecule has 2 heteroatoms. The molecule has 0 radical (unpaired) electrons. The van der Waals surface area contributed by atoms with Crippen LogP contribution in [0.4, 0.5) is 0 Å². The van der Waals surface area contributed by atoms with E-state index in [9.17, 15) is 4.79 Å². The van der Waals surface area contributed by atoms with Crippen molar-refractivity contribution in [3.8, 4) is 12.3 Å². The van der Waals surface area contributed by atoms with E-state index in [1.807, 2.05) is 26.8 Å². The molecule has 1 aliphatic carbocycles. The predicted molar refractivity (Wildman–Crippen MR) is 87.5 cm³/mol. The first-order valence-corrected chi connectivity index (χ1v) is 7.34. The van der Waals surface area contributed by atoms with Gasteiger partial charge in [-0.3, -0.25) is 4.79 Å². The minimum Gasteiger partial charge on any atom is -0.444 e. The van der Waals surface area contributed by atoms with E-state index in [2.05, 4.69) is 32.4 Å². The van der Waals surface area contributed by atoms with Crippen LogP contribution in [0, 0.1) is 29.6 Å². The first-order chi connectivity index (χ1) is 9.75. The fourth-order valence-electron chi connectivity index (χ4n) is 2.62. The summed E-state index contributed by atoms with van der Waals surface area (Å²) >= 11 is 0. The van der Waals surface area contributed by atoms with E-state index in [-0.39, 0.29) is 23.2 Å². The van der Waals surface area contributed by atoms with Gasteiger partial charge in [-0.05, 0) is 44.1 Å². The van der Waals surface area contributed by atoms with E-state index >= 15 is 0 Å². The van der Waals surface area contributed by atoms with Gasteiger partial charge in [-0.25, -0.2) is 0 Å². The Morgan fingerprint density at radius 3 is 2.52 bits per heavy atom. The summed E-state index contributed by atoms with van der Waals surface area (Å²) in [5.41, 5.74) is 2.05. The normalized spacial score (nSPS) is 24.5. The average Bonchev–Trinajstić information content (AvgIpc) is 2.93. The van der Waals surface area contributed by atoms with E-state index in [0.29, 0.717) is 0 Å². The van der Waals surface area contributed by atoms with Crippen molar-refractivity contribution in [2.24, 2.45) is 17.3 Å². The summed E-state index contributed by atoms with van der Waals surface area (Å²) in [6.07, 6.45) is 11.5. The third-order valence-electron chi connectivity index (χ3n) is 4.08. The third kappa shape index (κ3) is 4.11. The maximum Gasteiger partial charge on any atom is 0.311 e. The Labute approximate surface area is 129 Å². The summed E-state index contributed by atoms with van der Waals surface area (Å²) in [5.74, 6) is 2.49. The van der Waals surface area contributed by atoms with Crippen LogP contribution in [0.1, 0.15) is 41.0 Å². The lowest BCUT2D eigenvalue weighted by Gasteiger charge is -2.13. The number of hydrogen-bond donors (Lipinski definition) is 0. The van der Waals surface area contributed by atoms with Crippen LogP contribution in [0.2, 0.25) is 0 Å². The number of terminal acetylenes is 1. The van der Waals surface area contributed by atoms with Crippen molar-refractivity contribution < 1.29 is 9.53 Å². The lowest BCUT2D eigenvalue weighted by molar-refractivity contribution is -0.147. The molecular weight excluding hydrogens is 260 g/mol. The monoisotopic (exact) mass is 286 g/mol. The fraction of sp³-hybridized carbons (Fsp3) is 0.526. The van der Waals surface area contributed by atoms with Gasteiger partial charge in [-0.1, -0.05) is 43.6 Å². The van der Waals surface area contributed by atoms with Crippen LogP contribution in [0.15, 0.2) is 36.0 Å². The molecule has 3 unspecified atom stereocenters. The van der Waals surface area contributed by atoms with Gasteiger partial charge in [0.2, 0.25) is 0 Å². The van der Waals surface area contributed by atoms with Gasteiger partial charge in [0.1, 0.15) is 0 Å². The largest absolute Gasteiger partial charge is 0.444 e. The minimum atomic E-state index is -0.582. The van der Waals surface area contributed by atoms with Crippen LogP contribution < -0.4 is 0 Å². The van der Waals surface area contributed by atoms with Gasteiger partial charge in [0.25, 0.3) is 0 Å². The summed E-state index contributed by atoms with van der Waals surface area (Å²) in [5, 5.41) is 0. The first-order valence-electron chi connectivity index (χ1n) is 7.34. The van der Waals surface area contributed by atoms with Gasteiger partial charge in [-0.2, -0.15) is 0 Å². The van der Waals surface area contributed by atoms with E-state index in [4.69, 9.17) is 11.2 Å². The molecule has 0 aromatic rings. The first kappa shape index (κ1) is 17.3. The van der Waals surface area contributed by atoms with Crippen molar-refractivity contribution in [3.05, 3.63) is 36.0 Å². The molecule has 0 spiro atoms. The van der Waals surface area contributed by atoms with Gasteiger partial charge in [-0.15, -0.1) is 13.0 Å². The molecule has 114 valence electrons. The second-order valence-corrected chi connectivity index (χ2v) is 6.52. The number of allylic oxidation sites excluding steroid dienone is 4. The van der Waals surface area contributed by atoms with Crippen molar-refractivity contribution in [2.45, 2.75) is 47.1 Å². The Hall–Kier alpha value is -1.75. The van der Waals surface area contributed by atoms with E-state index < -0.39 is 6.10 Å². The lowest BCUT2D eigenvalue weighted by Crippen LogP contribution is -2.20. The Balaban J connectivity index is 2.75. The van der Waals surface area contributed by atoms with Crippen LogP contribution in [0.25, 0.3) is 0 Å². The molecule has 0 N–H and O–H groups in total. The molecule has 3 atom stereocenters. The number of esters is 1. The van der Waals surface area contributed by atoms with Crippen molar-refractivity contribution in [3.63, 3.8) is 0 Å². The zero-order valence-corrected chi connectivity index (χ0v) is 13.8. The Morgan fingerprint density at radius 2 is 2.05 bits per heavy atom. The van der Waals surface area contributed by atoms with Gasteiger partial charge in [0.05, 0.1) is 5.92 Å². The molecule has 0 aromatic heterocycles. The summed E-state index contributed by atoms with van der Waals surface area (Å²) < 4.78 is 5.52. The van der Waals surface area contributed by atoms with Crippen LogP contribution in [0.3, 0.4) is 0 Å². The highest BCUT2D eigenvalue weighted by Gasteiger charge is 2.61. The zero-order valence-electron chi connectivity index (χ0n) is 13.8. The lowest BCUT2D eigenvalue weighted by atomic mass is 10.1. The molecule has 0 bridgehead atoms. The molecule has 1 saturated carbocycles. The molecule has 0 heterocycles. The number of hydrogen-bond acceptors (Lipinski definition) is 2. The Kier molecular flexibility index (Phi) is 5.61. The van der Waals surface area contributed by atoms with Crippen LogP contribution in [-0.4, -0.2) is 12.1 Å². The number of carbonyl (C=O) groups excluding carboxylic acids is 1. The van der Waals surface area contributed by atoms with Crippen molar-refractivity contribution in [2.75, 3.05) is 0 Å². The maximum absolute atomic E-state index is 12.4. The fourth-order valence-corrected chi connectivity index (χ4v) is 2.62. The molecule has 2 nitrogen and oxygen atoms in total. The topological polar surface area (TPSA) is 26.3 Å². The number of carbonyl (C=O) groups is 1. The zero-order chi connectivity index (χ0) is 16.2. The van der Waals surface area contributed by atoms with E-state index in [1.54, 1.807) is 6.08 Å². The number of ether oxygens (including phenoxy) is 1. The van der Waals surface area contributed by atoms with Crippen LogP contribution >= 0.6 is 0 Å². The van der Waals surface area contributed by atoms with Gasteiger partial charge in [0.15, 0.2) is 6.10 Å². The highest BCUT2D eigenvalue weighted by Crippen LogP contribution is 2.59. The average molecular weight is 286 g/mol. The summed E-state index contributed by atoms with van der Waals surface area (Å²) in [6, 6.07) is 0. The van der Waals surface area contributed by atoms with Crippen LogP contribution in [-0.2, 0) is 9.53 Å². The second-order valence-electron chi connectivity index (χ2n) is 6.52. The maximum atomic E-state index is 12.4. The van der Waals surface area contributed by atoms with E-state index in [0.717, 1.165) is 12.0 Å². The molecular formula is C19H26O2. The van der Waals surface area contributed by atoms with E-state index in [1.165, 1.54) is 5.57 Å². The van der Waals surface area contributed by atoms with Crippen LogP contribution in [0.5, 0.6) is 0 Å². The number of rotatable bonds is 6. The summed E-state index contributed by atoms with van der Waals surface area (Å²) in [4.78, 5) is 12.4. The van der Waals surface area contributed by atoms with Gasteiger partial charge >= 0.3 is 5.97 Å². The highest BCUT2D eigenvalue weighted by atomic mass is 16.5. The summed E-state index contributed by atoms with van der Waals surface area (Å²) in [6.45, 7) is 13.8. The molecule has 1 aliphatic rings. The van der Waals surface area contributed by atoms with Crippen molar-refractivity contribution >= 4 is 5.97 Å². The molecule has 0 amide bonds. The molecule has 0 saturated heterocycles. The predicted octanol–water partition coefficient (Wildman–Crippen LogP) is 4.29. The molecule has 1 rings (SSSR count).